The van der Waals surface area contributed by atoms with E-state index in [2.05, 4.69) is 15.7 Å². The average molecular weight is 362 g/mol. The van der Waals surface area contributed by atoms with Crippen LogP contribution < -0.4 is 20.1 Å². The molecule has 1 heterocycles. The lowest BCUT2D eigenvalue weighted by molar-refractivity contribution is 0.144. The molecule has 8 heteroatoms. The maximum absolute atomic E-state index is 12.2. The highest BCUT2D eigenvalue weighted by molar-refractivity contribution is 5.89. The number of hydrogen-bond donors (Lipinski definition) is 2. The third-order valence-corrected chi connectivity index (χ3v) is 3.80. The quantitative estimate of drug-likeness (QED) is 0.670. The van der Waals surface area contributed by atoms with Gasteiger partial charge in [0.25, 0.3) is 0 Å². The van der Waals surface area contributed by atoms with Gasteiger partial charge in [0, 0.05) is 19.9 Å². The van der Waals surface area contributed by atoms with Gasteiger partial charge in [-0.2, -0.15) is 5.10 Å². The van der Waals surface area contributed by atoms with Crippen LogP contribution in [0.4, 0.5) is 10.5 Å². The normalized spacial score (nSPS) is 11.7. The number of benzene rings is 1. The van der Waals surface area contributed by atoms with Crippen molar-refractivity contribution >= 4 is 11.7 Å². The summed E-state index contributed by atoms with van der Waals surface area (Å²) < 4.78 is 17.7. The molecule has 0 aliphatic carbocycles. The van der Waals surface area contributed by atoms with Crippen LogP contribution in [0.1, 0.15) is 25.5 Å². The van der Waals surface area contributed by atoms with Crippen molar-refractivity contribution in [1.82, 2.24) is 15.1 Å². The van der Waals surface area contributed by atoms with Crippen molar-refractivity contribution in [2.75, 3.05) is 32.8 Å². The fourth-order valence-corrected chi connectivity index (χ4v) is 2.36. The summed E-state index contributed by atoms with van der Waals surface area (Å²) in [6.07, 6.45) is 3.39. The Morgan fingerprint density at radius 2 is 2.08 bits per heavy atom. The van der Waals surface area contributed by atoms with Gasteiger partial charge in [-0.25, -0.2) is 4.79 Å². The first-order chi connectivity index (χ1) is 12.6. The molecule has 1 aromatic carbocycles. The zero-order valence-electron chi connectivity index (χ0n) is 15.6. The van der Waals surface area contributed by atoms with Crippen LogP contribution in [0.25, 0.3) is 0 Å². The number of carbonyl (C=O) groups is 1. The molecule has 142 valence electrons. The monoisotopic (exact) mass is 362 g/mol. The molecule has 2 aromatic rings. The lowest BCUT2D eigenvalue weighted by Crippen LogP contribution is -2.31. The van der Waals surface area contributed by atoms with E-state index in [0.717, 1.165) is 12.1 Å². The zero-order chi connectivity index (χ0) is 18.9. The third-order valence-electron chi connectivity index (χ3n) is 3.80. The van der Waals surface area contributed by atoms with Crippen LogP contribution in [0, 0.1) is 0 Å². The van der Waals surface area contributed by atoms with Crippen molar-refractivity contribution in [3.05, 3.63) is 36.2 Å². The van der Waals surface area contributed by atoms with Crippen molar-refractivity contribution in [1.29, 1.82) is 0 Å². The zero-order valence-corrected chi connectivity index (χ0v) is 15.6. The number of hydrogen-bond acceptors (Lipinski definition) is 5. The molecule has 26 heavy (non-hydrogen) atoms. The van der Waals surface area contributed by atoms with Gasteiger partial charge < -0.3 is 24.8 Å². The van der Waals surface area contributed by atoms with Gasteiger partial charge in [-0.3, -0.25) is 4.68 Å². The predicted molar refractivity (Wildman–Crippen MR) is 98.8 cm³/mol. The lowest BCUT2D eigenvalue weighted by Gasteiger charge is -2.17. The first-order valence-electron chi connectivity index (χ1n) is 8.47. The number of ether oxygens (including phenoxy) is 3. The molecule has 0 spiro atoms. The molecular formula is C18H26N4O4. The minimum Gasteiger partial charge on any atom is -0.493 e. The van der Waals surface area contributed by atoms with E-state index in [1.54, 1.807) is 31.3 Å². The number of aryl methyl sites for hydroxylation is 1. The summed E-state index contributed by atoms with van der Waals surface area (Å²) in [5, 5.41) is 9.78. The number of methoxy groups -OCH3 is 2. The molecule has 1 unspecified atom stereocenters. The molecule has 2 amide bonds. The highest BCUT2D eigenvalue weighted by Gasteiger charge is 2.13. The number of amides is 2. The van der Waals surface area contributed by atoms with E-state index in [1.165, 1.54) is 0 Å². The molecule has 2 rings (SSSR count). The number of anilines is 1. The van der Waals surface area contributed by atoms with E-state index in [0.29, 0.717) is 30.4 Å². The van der Waals surface area contributed by atoms with E-state index in [-0.39, 0.29) is 12.1 Å². The number of nitrogens with one attached hydrogen (secondary N) is 2. The molecule has 1 atom stereocenters. The Kier molecular flexibility index (Phi) is 7.28. The van der Waals surface area contributed by atoms with Crippen molar-refractivity contribution < 1.29 is 19.0 Å². The Morgan fingerprint density at radius 3 is 2.73 bits per heavy atom. The molecule has 2 N–H and O–H groups in total. The maximum atomic E-state index is 12.2. The summed E-state index contributed by atoms with van der Waals surface area (Å²) in [5.74, 6) is 1.24. The maximum Gasteiger partial charge on any atom is 0.319 e. The summed E-state index contributed by atoms with van der Waals surface area (Å²) in [6, 6.07) is 5.06. The Balaban J connectivity index is 1.97. The van der Waals surface area contributed by atoms with E-state index < -0.39 is 0 Å². The van der Waals surface area contributed by atoms with Crippen molar-refractivity contribution in [3.8, 4) is 11.5 Å². The molecule has 8 nitrogen and oxygen atoms in total. The van der Waals surface area contributed by atoms with Gasteiger partial charge in [-0.1, -0.05) is 6.07 Å². The average Bonchev–Trinajstić information content (AvgIpc) is 3.09. The number of aromatic nitrogens is 2. The minimum absolute atomic E-state index is 0.210. The van der Waals surface area contributed by atoms with Gasteiger partial charge in [0.2, 0.25) is 0 Å². The van der Waals surface area contributed by atoms with Gasteiger partial charge in [0.15, 0.2) is 11.5 Å². The number of urea groups is 1. The van der Waals surface area contributed by atoms with Gasteiger partial charge in [-0.05, 0) is 31.5 Å². The Bertz CT molecular complexity index is 717. The second kappa shape index (κ2) is 9.67. The van der Waals surface area contributed by atoms with Crippen LogP contribution in [-0.4, -0.2) is 43.2 Å². The first kappa shape index (κ1) is 19.6. The predicted octanol–water partition coefficient (Wildman–Crippen LogP) is 2.82. The summed E-state index contributed by atoms with van der Waals surface area (Å²) in [5.41, 5.74) is 1.55. The third kappa shape index (κ3) is 5.38. The van der Waals surface area contributed by atoms with E-state index in [9.17, 15) is 4.79 Å². The van der Waals surface area contributed by atoms with E-state index in [1.807, 2.05) is 32.0 Å². The second-order valence-electron chi connectivity index (χ2n) is 5.66. The summed E-state index contributed by atoms with van der Waals surface area (Å²) in [7, 11) is 3.20. The number of carbonyl (C=O) groups excluding carboxylic acids is 1. The van der Waals surface area contributed by atoms with Gasteiger partial charge in [0.05, 0.1) is 31.6 Å². The number of rotatable bonds is 9. The highest BCUT2D eigenvalue weighted by atomic mass is 16.5. The molecule has 0 aliphatic rings. The SMILES string of the molecule is CCn1cc(NC(=O)NC(C)c2ccc(OCCOC)c(OC)c2)cn1. The Hall–Kier alpha value is -2.74. The van der Waals surface area contributed by atoms with E-state index >= 15 is 0 Å². The van der Waals surface area contributed by atoms with Crippen LogP contribution in [-0.2, 0) is 11.3 Å². The Morgan fingerprint density at radius 1 is 1.27 bits per heavy atom. The number of nitrogens with zero attached hydrogens (tertiary/aromatic N) is 2. The summed E-state index contributed by atoms with van der Waals surface area (Å²) >= 11 is 0. The fraction of sp³-hybridized carbons (Fsp3) is 0.444. The van der Waals surface area contributed by atoms with Crippen LogP contribution in [0.5, 0.6) is 11.5 Å². The largest absolute Gasteiger partial charge is 0.493 e. The van der Waals surface area contributed by atoms with E-state index in [4.69, 9.17) is 14.2 Å². The molecule has 0 saturated carbocycles. The molecular weight excluding hydrogens is 336 g/mol. The molecule has 0 fully saturated rings. The minimum atomic E-state index is -0.299. The van der Waals surface area contributed by atoms with Crippen molar-refractivity contribution in [3.63, 3.8) is 0 Å². The van der Waals surface area contributed by atoms with Crippen LogP contribution >= 0.6 is 0 Å². The Labute approximate surface area is 153 Å². The smallest absolute Gasteiger partial charge is 0.319 e. The molecule has 0 aliphatic heterocycles. The van der Waals surface area contributed by atoms with Crippen LogP contribution in [0.2, 0.25) is 0 Å². The van der Waals surface area contributed by atoms with Gasteiger partial charge in [-0.15, -0.1) is 0 Å². The summed E-state index contributed by atoms with van der Waals surface area (Å²) in [6.45, 7) is 5.56. The van der Waals surface area contributed by atoms with Crippen molar-refractivity contribution in [2.24, 2.45) is 0 Å². The highest BCUT2D eigenvalue weighted by Crippen LogP contribution is 2.30. The van der Waals surface area contributed by atoms with Crippen molar-refractivity contribution in [2.45, 2.75) is 26.4 Å². The fourth-order valence-electron chi connectivity index (χ4n) is 2.36. The van der Waals surface area contributed by atoms with Gasteiger partial charge in [0.1, 0.15) is 6.61 Å². The standard InChI is InChI=1S/C18H26N4O4/c1-5-22-12-15(11-19-22)21-18(23)20-13(2)14-6-7-16(17(10-14)25-4)26-9-8-24-3/h6-7,10-13H,5,8-9H2,1-4H3,(H2,20,21,23). The topological polar surface area (TPSA) is 86.6 Å². The van der Waals surface area contributed by atoms with Crippen LogP contribution in [0.15, 0.2) is 30.6 Å². The molecule has 0 saturated heterocycles. The lowest BCUT2D eigenvalue weighted by atomic mass is 10.1. The molecule has 1 aromatic heterocycles. The first-order valence-corrected chi connectivity index (χ1v) is 8.47. The molecule has 0 radical (unpaired) electrons. The summed E-state index contributed by atoms with van der Waals surface area (Å²) in [4.78, 5) is 12.2. The van der Waals surface area contributed by atoms with Gasteiger partial charge >= 0.3 is 6.03 Å². The van der Waals surface area contributed by atoms with Crippen LogP contribution in [0.3, 0.4) is 0 Å². The second-order valence-corrected chi connectivity index (χ2v) is 5.66. The molecule has 0 bridgehead atoms.